The summed E-state index contributed by atoms with van der Waals surface area (Å²) < 4.78 is 6.05. The number of carbonyl (C=O) groups is 2. The fourth-order valence-corrected chi connectivity index (χ4v) is 3.44. The monoisotopic (exact) mass is 496 g/mol. The highest BCUT2D eigenvalue weighted by Crippen LogP contribution is 2.25. The van der Waals surface area contributed by atoms with Gasteiger partial charge in [-0.05, 0) is 62.5 Å². The Morgan fingerprint density at radius 1 is 1.12 bits per heavy atom. The minimum absolute atomic E-state index is 0.158. The van der Waals surface area contributed by atoms with Crippen LogP contribution in [0.1, 0.15) is 12.0 Å². The number of nitrogens with one attached hydrogen (secondary N) is 1. The van der Waals surface area contributed by atoms with Crippen LogP contribution in [0.4, 0.5) is 11.5 Å². The van der Waals surface area contributed by atoms with Gasteiger partial charge in [0.2, 0.25) is 0 Å². The predicted molar refractivity (Wildman–Crippen MR) is 129 cm³/mol. The average Bonchev–Trinajstić information content (AvgIpc) is 2.76. The van der Waals surface area contributed by atoms with Crippen molar-refractivity contribution in [3.8, 4) is 0 Å². The Hall–Kier alpha value is -3.10. The molecule has 0 radical (unpaired) electrons. The molecule has 0 atom stereocenters. The molecule has 0 amide bonds. The number of ketones is 1. The number of ether oxygens (including phenoxy) is 1. The molecule has 0 spiro atoms. The van der Waals surface area contributed by atoms with E-state index in [9.17, 15) is 9.59 Å². The molecule has 7 nitrogen and oxygen atoms in total. The molecule has 166 valence electrons. The maximum Gasteiger partial charge on any atom is 0.330 e. The maximum absolute atomic E-state index is 12.3. The van der Waals surface area contributed by atoms with Gasteiger partial charge in [-0.25, -0.2) is 14.8 Å². The minimum Gasteiger partial charge on any atom is -0.462 e. The van der Waals surface area contributed by atoms with Gasteiger partial charge < -0.3 is 15.0 Å². The third kappa shape index (κ3) is 7.25. The number of fused-ring (bicyclic) bond motifs is 1. The second kappa shape index (κ2) is 11.5. The highest BCUT2D eigenvalue weighted by atomic mass is 79.9. The van der Waals surface area contributed by atoms with Crippen LogP contribution in [0, 0.1) is 0 Å². The Bertz CT molecular complexity index is 1130. The van der Waals surface area contributed by atoms with Crippen molar-refractivity contribution in [3.05, 3.63) is 71.0 Å². The Morgan fingerprint density at radius 2 is 1.97 bits per heavy atom. The number of allylic oxidation sites excluding steroid dienone is 1. The van der Waals surface area contributed by atoms with Crippen LogP contribution in [0.5, 0.6) is 0 Å². The second-order valence-corrected chi connectivity index (χ2v) is 8.43. The van der Waals surface area contributed by atoms with Gasteiger partial charge in [0.25, 0.3) is 0 Å². The summed E-state index contributed by atoms with van der Waals surface area (Å²) in [4.78, 5) is 34.8. The summed E-state index contributed by atoms with van der Waals surface area (Å²) in [6.45, 7) is 1.16. The molecular formula is C24H25BrN4O3. The van der Waals surface area contributed by atoms with E-state index < -0.39 is 5.97 Å². The van der Waals surface area contributed by atoms with Crippen molar-refractivity contribution >= 4 is 50.1 Å². The van der Waals surface area contributed by atoms with Gasteiger partial charge in [0.1, 0.15) is 12.1 Å². The zero-order chi connectivity index (χ0) is 22.9. The molecule has 0 aliphatic carbocycles. The van der Waals surface area contributed by atoms with Crippen LogP contribution in [0.15, 0.2) is 65.4 Å². The Labute approximate surface area is 195 Å². The SMILES string of the molecule is CN(C)CCCOC(=O)/C=C/C(=O)Cc1ccc2ncnc(Nc3cccc(Br)c3)c2c1. The number of hydrogen-bond donors (Lipinski definition) is 1. The highest BCUT2D eigenvalue weighted by Gasteiger charge is 2.08. The first-order valence-corrected chi connectivity index (χ1v) is 11.0. The molecule has 32 heavy (non-hydrogen) atoms. The number of nitrogens with zero attached hydrogens (tertiary/aromatic N) is 3. The topological polar surface area (TPSA) is 84.4 Å². The molecule has 0 aliphatic heterocycles. The molecule has 0 fully saturated rings. The number of halogens is 1. The van der Waals surface area contributed by atoms with Crippen LogP contribution in [-0.4, -0.2) is 53.9 Å². The average molecular weight is 497 g/mol. The van der Waals surface area contributed by atoms with Gasteiger partial charge in [0.15, 0.2) is 5.78 Å². The maximum atomic E-state index is 12.3. The summed E-state index contributed by atoms with van der Waals surface area (Å²) in [6.07, 6.45) is 4.85. The van der Waals surface area contributed by atoms with E-state index in [-0.39, 0.29) is 12.2 Å². The number of esters is 1. The molecule has 3 rings (SSSR count). The Morgan fingerprint density at radius 3 is 2.75 bits per heavy atom. The number of hydrogen-bond acceptors (Lipinski definition) is 7. The summed E-state index contributed by atoms with van der Waals surface area (Å²) in [5.74, 6) is -0.0447. The lowest BCUT2D eigenvalue weighted by Gasteiger charge is -2.10. The minimum atomic E-state index is -0.510. The van der Waals surface area contributed by atoms with Gasteiger partial charge in [0, 0.05) is 34.6 Å². The fraction of sp³-hybridized carbons (Fsp3) is 0.250. The van der Waals surface area contributed by atoms with E-state index in [1.165, 1.54) is 18.5 Å². The summed E-state index contributed by atoms with van der Waals surface area (Å²) in [7, 11) is 3.91. The van der Waals surface area contributed by atoms with E-state index in [2.05, 4.69) is 31.2 Å². The van der Waals surface area contributed by atoms with Gasteiger partial charge in [0.05, 0.1) is 12.1 Å². The zero-order valence-corrected chi connectivity index (χ0v) is 19.6. The molecule has 0 bridgehead atoms. The highest BCUT2D eigenvalue weighted by molar-refractivity contribution is 9.10. The molecule has 0 saturated heterocycles. The molecule has 0 unspecified atom stereocenters. The third-order valence-corrected chi connectivity index (χ3v) is 5.06. The van der Waals surface area contributed by atoms with E-state index >= 15 is 0 Å². The standard InChI is InChI=1S/C24H25BrN4O3/c1-29(2)11-4-12-32-23(31)10-8-20(30)13-17-7-9-22-21(14-17)24(27-16-26-22)28-19-6-3-5-18(25)15-19/h3,5-10,14-16H,4,11-13H2,1-2H3,(H,26,27,28)/b10-8+. The smallest absolute Gasteiger partial charge is 0.330 e. The van der Waals surface area contributed by atoms with E-state index in [4.69, 9.17) is 4.74 Å². The zero-order valence-electron chi connectivity index (χ0n) is 18.0. The van der Waals surface area contributed by atoms with Crippen molar-refractivity contribution < 1.29 is 14.3 Å². The lowest BCUT2D eigenvalue weighted by Crippen LogP contribution is -2.15. The first-order chi connectivity index (χ1) is 15.4. The van der Waals surface area contributed by atoms with Crippen molar-refractivity contribution in [3.63, 3.8) is 0 Å². The number of anilines is 2. The largest absolute Gasteiger partial charge is 0.462 e. The van der Waals surface area contributed by atoms with Crippen LogP contribution >= 0.6 is 15.9 Å². The number of carbonyl (C=O) groups excluding carboxylic acids is 2. The van der Waals surface area contributed by atoms with Crippen LogP contribution in [-0.2, 0) is 20.7 Å². The van der Waals surface area contributed by atoms with Gasteiger partial charge >= 0.3 is 5.97 Å². The molecule has 2 aromatic carbocycles. The van der Waals surface area contributed by atoms with E-state index in [0.29, 0.717) is 12.4 Å². The third-order valence-electron chi connectivity index (χ3n) is 4.56. The Balaban J connectivity index is 1.64. The molecule has 0 aliphatic rings. The summed E-state index contributed by atoms with van der Waals surface area (Å²) in [5.41, 5.74) is 2.46. The van der Waals surface area contributed by atoms with Crippen LogP contribution in [0.2, 0.25) is 0 Å². The number of rotatable bonds is 10. The van der Waals surface area contributed by atoms with Crippen LogP contribution < -0.4 is 5.32 Å². The first-order valence-electron chi connectivity index (χ1n) is 10.2. The lowest BCUT2D eigenvalue weighted by molar-refractivity contribution is -0.138. The van der Waals surface area contributed by atoms with Crippen molar-refractivity contribution in [1.29, 1.82) is 0 Å². The van der Waals surface area contributed by atoms with Crippen LogP contribution in [0.25, 0.3) is 10.9 Å². The van der Waals surface area contributed by atoms with E-state index in [1.54, 1.807) is 0 Å². The predicted octanol–water partition coefficient (Wildman–Crippen LogP) is 4.30. The second-order valence-electron chi connectivity index (χ2n) is 7.51. The summed E-state index contributed by atoms with van der Waals surface area (Å²) in [5, 5.41) is 4.10. The lowest BCUT2D eigenvalue weighted by atomic mass is 10.1. The van der Waals surface area contributed by atoms with Gasteiger partial charge in [-0.1, -0.05) is 28.1 Å². The molecular weight excluding hydrogens is 472 g/mol. The normalized spacial score (nSPS) is 11.2. The summed E-state index contributed by atoms with van der Waals surface area (Å²) in [6, 6.07) is 13.4. The molecule has 1 aromatic heterocycles. The van der Waals surface area contributed by atoms with E-state index in [0.717, 1.165) is 39.6 Å². The van der Waals surface area contributed by atoms with E-state index in [1.807, 2.05) is 61.5 Å². The Kier molecular flexibility index (Phi) is 8.47. The molecule has 1 N–H and O–H groups in total. The first kappa shape index (κ1) is 23.6. The molecule has 0 saturated carbocycles. The van der Waals surface area contributed by atoms with Gasteiger partial charge in [-0.15, -0.1) is 0 Å². The fourth-order valence-electron chi connectivity index (χ4n) is 3.04. The number of benzene rings is 2. The number of aromatic nitrogens is 2. The summed E-state index contributed by atoms with van der Waals surface area (Å²) >= 11 is 3.46. The molecule has 1 heterocycles. The van der Waals surface area contributed by atoms with Crippen LogP contribution in [0.3, 0.4) is 0 Å². The van der Waals surface area contributed by atoms with Crippen molar-refractivity contribution in [1.82, 2.24) is 14.9 Å². The van der Waals surface area contributed by atoms with Crippen molar-refractivity contribution in [2.24, 2.45) is 0 Å². The van der Waals surface area contributed by atoms with Gasteiger partial charge in [-0.3, -0.25) is 4.79 Å². The van der Waals surface area contributed by atoms with Gasteiger partial charge in [-0.2, -0.15) is 0 Å². The molecule has 8 heteroatoms. The van der Waals surface area contributed by atoms with Crippen molar-refractivity contribution in [2.75, 3.05) is 32.6 Å². The quantitative estimate of drug-likeness (QED) is 0.254. The molecule has 3 aromatic rings. The van der Waals surface area contributed by atoms with Crippen molar-refractivity contribution in [2.45, 2.75) is 12.8 Å².